The predicted molar refractivity (Wildman–Crippen MR) is 119 cm³/mol. The fraction of sp³-hybridized carbons (Fsp3) is 0.435. The Balaban J connectivity index is 1.69. The summed E-state index contributed by atoms with van der Waals surface area (Å²) in [5.74, 6) is -0.254. The summed E-state index contributed by atoms with van der Waals surface area (Å²) in [6.07, 6.45) is 0.694. The number of amides is 1. The summed E-state index contributed by atoms with van der Waals surface area (Å²) >= 11 is 0. The Morgan fingerprint density at radius 3 is 2.57 bits per heavy atom. The Bertz CT molecular complexity index is 989. The summed E-state index contributed by atoms with van der Waals surface area (Å²) in [7, 11) is -3.66. The van der Waals surface area contributed by atoms with Gasteiger partial charge in [0.1, 0.15) is 0 Å². The van der Waals surface area contributed by atoms with Crippen LogP contribution in [-0.2, 0) is 23.0 Å². The molecule has 0 spiro atoms. The molecule has 162 valence electrons. The molecule has 0 atom stereocenters. The lowest BCUT2D eigenvalue weighted by atomic mass is 10.0. The summed E-state index contributed by atoms with van der Waals surface area (Å²) in [5.41, 5.74) is 2.59. The summed E-state index contributed by atoms with van der Waals surface area (Å²) in [6.45, 7) is 9.33. The summed E-state index contributed by atoms with van der Waals surface area (Å²) < 4.78 is 27.8. The zero-order valence-electron chi connectivity index (χ0n) is 18.0. The van der Waals surface area contributed by atoms with Crippen LogP contribution in [0.2, 0.25) is 0 Å². The molecule has 1 amide bonds. The highest BCUT2D eigenvalue weighted by molar-refractivity contribution is 7.89. The molecule has 0 saturated heterocycles. The van der Waals surface area contributed by atoms with Crippen molar-refractivity contribution >= 4 is 15.9 Å². The number of likely N-dealkylation sites (N-methyl/N-ethyl adjacent to an activating group) is 1. The zero-order chi connectivity index (χ0) is 21.7. The Morgan fingerprint density at radius 2 is 1.87 bits per heavy atom. The van der Waals surface area contributed by atoms with Crippen molar-refractivity contribution in [3.8, 4) is 0 Å². The van der Waals surface area contributed by atoms with Crippen molar-refractivity contribution in [3.05, 3.63) is 65.2 Å². The molecule has 0 saturated carbocycles. The van der Waals surface area contributed by atoms with E-state index in [1.54, 1.807) is 18.2 Å². The van der Waals surface area contributed by atoms with Crippen LogP contribution in [0.5, 0.6) is 0 Å². The molecule has 7 heteroatoms. The van der Waals surface area contributed by atoms with Gasteiger partial charge in [0, 0.05) is 37.8 Å². The maximum atomic E-state index is 13.2. The molecular weight excluding hydrogens is 398 g/mol. The zero-order valence-corrected chi connectivity index (χ0v) is 18.8. The van der Waals surface area contributed by atoms with E-state index in [4.69, 9.17) is 0 Å². The van der Waals surface area contributed by atoms with Gasteiger partial charge in [0.2, 0.25) is 10.0 Å². The van der Waals surface area contributed by atoms with E-state index < -0.39 is 10.0 Å². The predicted octanol–water partition coefficient (Wildman–Crippen LogP) is 2.89. The average molecular weight is 430 g/mol. The molecule has 3 rings (SSSR count). The van der Waals surface area contributed by atoms with Gasteiger partial charge in [-0.15, -0.1) is 0 Å². The van der Waals surface area contributed by atoms with Crippen molar-refractivity contribution in [2.24, 2.45) is 0 Å². The smallest absolute Gasteiger partial charge is 0.251 e. The van der Waals surface area contributed by atoms with Gasteiger partial charge in [0.15, 0.2) is 0 Å². The fourth-order valence-electron chi connectivity index (χ4n) is 3.82. The molecule has 2 aromatic carbocycles. The van der Waals surface area contributed by atoms with Crippen molar-refractivity contribution in [1.82, 2.24) is 14.5 Å². The fourth-order valence-corrected chi connectivity index (χ4v) is 5.28. The van der Waals surface area contributed by atoms with Crippen molar-refractivity contribution in [2.45, 2.75) is 44.7 Å². The number of fused-ring (bicyclic) bond motifs is 1. The van der Waals surface area contributed by atoms with Gasteiger partial charge in [-0.1, -0.05) is 37.3 Å². The first kappa shape index (κ1) is 22.5. The monoisotopic (exact) mass is 429 g/mol. The van der Waals surface area contributed by atoms with E-state index in [-0.39, 0.29) is 10.8 Å². The van der Waals surface area contributed by atoms with Gasteiger partial charge in [-0.25, -0.2) is 8.42 Å². The number of nitrogens with one attached hydrogen (secondary N) is 1. The van der Waals surface area contributed by atoms with Crippen LogP contribution in [0.25, 0.3) is 0 Å². The number of sulfonamides is 1. The molecule has 1 aliphatic heterocycles. The summed E-state index contributed by atoms with van der Waals surface area (Å²) in [4.78, 5) is 15.0. The van der Waals surface area contributed by atoms with E-state index in [0.29, 0.717) is 37.7 Å². The lowest BCUT2D eigenvalue weighted by molar-refractivity contribution is 0.0945. The number of rotatable bonds is 8. The third-order valence-corrected chi connectivity index (χ3v) is 7.49. The van der Waals surface area contributed by atoms with E-state index in [9.17, 15) is 13.2 Å². The van der Waals surface area contributed by atoms with Gasteiger partial charge < -0.3 is 5.32 Å². The second-order valence-electron chi connectivity index (χ2n) is 7.86. The number of carbonyl (C=O) groups excluding carboxylic acids is 1. The van der Waals surface area contributed by atoms with Crippen LogP contribution in [0.4, 0.5) is 0 Å². The first-order valence-corrected chi connectivity index (χ1v) is 12.0. The Kier molecular flexibility index (Phi) is 7.28. The Labute approximate surface area is 179 Å². The standard InChI is InChI=1S/C23H31N3O3S/c1-4-25(18(2)3)15-13-24-23(27)20-10-7-11-22(16-20)30(28,29)26-14-12-19-8-5-6-9-21(19)17-26/h5-11,16,18H,4,12-15,17H2,1-3H3,(H,24,27). The van der Waals surface area contributed by atoms with Crippen molar-refractivity contribution in [3.63, 3.8) is 0 Å². The third kappa shape index (κ3) is 5.09. The summed E-state index contributed by atoms with van der Waals surface area (Å²) in [6, 6.07) is 14.7. The molecule has 0 aliphatic carbocycles. The van der Waals surface area contributed by atoms with Crippen LogP contribution in [-0.4, -0.2) is 55.8 Å². The molecule has 30 heavy (non-hydrogen) atoms. The van der Waals surface area contributed by atoms with Gasteiger partial charge in [0.25, 0.3) is 5.91 Å². The average Bonchev–Trinajstić information content (AvgIpc) is 2.76. The number of carbonyl (C=O) groups is 1. The number of hydrogen-bond acceptors (Lipinski definition) is 4. The van der Waals surface area contributed by atoms with Gasteiger partial charge in [-0.3, -0.25) is 9.69 Å². The SMILES string of the molecule is CCN(CCNC(=O)c1cccc(S(=O)(=O)N2CCc3ccccc3C2)c1)C(C)C. The quantitative estimate of drug-likeness (QED) is 0.701. The Hall–Kier alpha value is -2.22. The molecule has 1 heterocycles. The van der Waals surface area contributed by atoms with Crippen molar-refractivity contribution < 1.29 is 13.2 Å². The van der Waals surface area contributed by atoms with E-state index in [0.717, 1.165) is 18.7 Å². The second-order valence-corrected chi connectivity index (χ2v) is 9.80. The first-order chi connectivity index (χ1) is 14.3. The molecule has 0 unspecified atom stereocenters. The minimum absolute atomic E-state index is 0.159. The largest absolute Gasteiger partial charge is 0.351 e. The van der Waals surface area contributed by atoms with Crippen LogP contribution in [0, 0.1) is 0 Å². The van der Waals surface area contributed by atoms with Crippen LogP contribution in [0.3, 0.4) is 0 Å². The Morgan fingerprint density at radius 1 is 1.13 bits per heavy atom. The molecule has 1 N–H and O–H groups in total. The minimum Gasteiger partial charge on any atom is -0.351 e. The van der Waals surface area contributed by atoms with E-state index >= 15 is 0 Å². The van der Waals surface area contributed by atoms with Crippen molar-refractivity contribution in [2.75, 3.05) is 26.2 Å². The second kappa shape index (κ2) is 9.73. The minimum atomic E-state index is -3.66. The molecule has 2 aromatic rings. The van der Waals surface area contributed by atoms with E-state index in [1.165, 1.54) is 15.9 Å². The topological polar surface area (TPSA) is 69.7 Å². The molecule has 0 bridgehead atoms. The molecule has 0 aromatic heterocycles. The normalized spacial score (nSPS) is 14.7. The highest BCUT2D eigenvalue weighted by atomic mass is 32.2. The van der Waals surface area contributed by atoms with Crippen molar-refractivity contribution in [1.29, 1.82) is 0 Å². The summed E-state index contributed by atoms with van der Waals surface area (Å²) in [5, 5.41) is 2.90. The number of nitrogens with zero attached hydrogens (tertiary/aromatic N) is 2. The highest BCUT2D eigenvalue weighted by Gasteiger charge is 2.28. The molecule has 0 radical (unpaired) electrons. The van der Waals surface area contributed by atoms with Gasteiger partial charge in [0.05, 0.1) is 4.90 Å². The van der Waals surface area contributed by atoms with E-state index in [1.807, 2.05) is 24.3 Å². The maximum Gasteiger partial charge on any atom is 0.251 e. The van der Waals surface area contributed by atoms with Crippen LogP contribution in [0.1, 0.15) is 42.3 Å². The van der Waals surface area contributed by atoms with Gasteiger partial charge in [-0.05, 0) is 56.1 Å². The number of benzene rings is 2. The van der Waals surface area contributed by atoms with Gasteiger partial charge in [-0.2, -0.15) is 4.31 Å². The van der Waals surface area contributed by atoms with Crippen LogP contribution < -0.4 is 5.32 Å². The van der Waals surface area contributed by atoms with E-state index in [2.05, 4.69) is 31.0 Å². The lowest BCUT2D eigenvalue weighted by Crippen LogP contribution is -2.38. The lowest BCUT2D eigenvalue weighted by Gasteiger charge is -2.28. The highest BCUT2D eigenvalue weighted by Crippen LogP contribution is 2.25. The molecular formula is C23H31N3O3S. The number of hydrogen-bond donors (Lipinski definition) is 1. The third-order valence-electron chi connectivity index (χ3n) is 5.65. The molecule has 6 nitrogen and oxygen atoms in total. The van der Waals surface area contributed by atoms with Crippen LogP contribution >= 0.6 is 0 Å². The molecule has 0 fully saturated rings. The first-order valence-electron chi connectivity index (χ1n) is 10.5. The van der Waals surface area contributed by atoms with Crippen LogP contribution in [0.15, 0.2) is 53.4 Å². The maximum absolute atomic E-state index is 13.2. The van der Waals surface area contributed by atoms with Gasteiger partial charge >= 0.3 is 0 Å². The molecule has 1 aliphatic rings.